The van der Waals surface area contributed by atoms with Crippen LogP contribution in [0.2, 0.25) is 0 Å². The second-order valence-corrected chi connectivity index (χ2v) is 6.14. The summed E-state index contributed by atoms with van der Waals surface area (Å²) in [6.07, 6.45) is 0.653. The summed E-state index contributed by atoms with van der Waals surface area (Å²) in [4.78, 5) is 36.5. The van der Waals surface area contributed by atoms with Crippen molar-refractivity contribution in [2.75, 3.05) is 6.61 Å². The molecule has 2 heterocycles. The molecule has 0 aromatic heterocycles. The number of benzene rings is 1. The van der Waals surface area contributed by atoms with Crippen LogP contribution in [0.4, 0.5) is 0 Å². The fourth-order valence-electron chi connectivity index (χ4n) is 2.40. The number of carbonyl (C=O) groups excluding carboxylic acids is 2. The van der Waals surface area contributed by atoms with Crippen LogP contribution in [-0.2, 0) is 14.3 Å². The lowest BCUT2D eigenvalue weighted by Gasteiger charge is -2.33. The van der Waals surface area contributed by atoms with Gasteiger partial charge in [-0.05, 0) is 12.1 Å². The van der Waals surface area contributed by atoms with Crippen molar-refractivity contribution in [2.45, 2.75) is 18.2 Å². The summed E-state index contributed by atoms with van der Waals surface area (Å²) in [5.74, 6) is -1.74. The van der Waals surface area contributed by atoms with Crippen molar-refractivity contribution in [3.05, 3.63) is 46.5 Å². The number of carboxylic acid groups (broad SMARTS) is 1. The quantitative estimate of drug-likeness (QED) is 0.658. The number of carboxylic acids is 1. The zero-order chi connectivity index (χ0) is 15.7. The van der Waals surface area contributed by atoms with E-state index in [4.69, 9.17) is 4.74 Å². The SMILES string of the molecule is O=C(O)C1=C(CCOC(=O)c2ccccc2)SC2CC(=O)N12. The number of β-lactam (4-membered cyclic amide) rings is 1. The molecular formula is C15H13NO5S. The second-order valence-electron chi connectivity index (χ2n) is 4.87. The molecule has 1 aromatic carbocycles. The van der Waals surface area contributed by atoms with Crippen molar-refractivity contribution in [1.29, 1.82) is 0 Å². The summed E-state index contributed by atoms with van der Waals surface area (Å²) in [5.41, 5.74) is 0.481. The first kappa shape index (κ1) is 14.6. The Morgan fingerprint density at radius 3 is 2.68 bits per heavy atom. The highest BCUT2D eigenvalue weighted by molar-refractivity contribution is 8.04. The van der Waals surface area contributed by atoms with E-state index in [1.165, 1.54) is 16.7 Å². The molecular weight excluding hydrogens is 306 g/mol. The summed E-state index contributed by atoms with van der Waals surface area (Å²) < 4.78 is 5.15. The summed E-state index contributed by atoms with van der Waals surface area (Å²) in [6, 6.07) is 8.59. The standard InChI is InChI=1S/C15H13NO5S/c17-11-8-12-16(11)13(14(18)19)10(22-12)6-7-21-15(20)9-4-2-1-3-5-9/h1-5,12H,6-8H2,(H,18,19). The van der Waals surface area contributed by atoms with Crippen LogP contribution >= 0.6 is 11.8 Å². The van der Waals surface area contributed by atoms with E-state index in [9.17, 15) is 19.5 Å². The van der Waals surface area contributed by atoms with E-state index in [0.717, 1.165) is 0 Å². The van der Waals surface area contributed by atoms with Crippen LogP contribution in [0.25, 0.3) is 0 Å². The lowest BCUT2D eigenvalue weighted by atomic mass is 10.1. The fourth-order valence-corrected chi connectivity index (χ4v) is 3.78. The van der Waals surface area contributed by atoms with Gasteiger partial charge in [-0.1, -0.05) is 18.2 Å². The van der Waals surface area contributed by atoms with Crippen LogP contribution < -0.4 is 0 Å². The maximum absolute atomic E-state index is 11.8. The Balaban J connectivity index is 1.61. The Hall–Kier alpha value is -2.28. The monoisotopic (exact) mass is 319 g/mol. The molecule has 2 aliphatic heterocycles. The fraction of sp³-hybridized carbons (Fsp3) is 0.267. The minimum absolute atomic E-state index is 0.0296. The van der Waals surface area contributed by atoms with Crippen molar-refractivity contribution in [3.63, 3.8) is 0 Å². The van der Waals surface area contributed by atoms with Gasteiger partial charge in [0.25, 0.3) is 0 Å². The van der Waals surface area contributed by atoms with Crippen molar-refractivity contribution in [1.82, 2.24) is 4.90 Å². The Morgan fingerprint density at radius 2 is 2.05 bits per heavy atom. The van der Waals surface area contributed by atoms with Gasteiger partial charge in [-0.25, -0.2) is 9.59 Å². The molecule has 1 atom stereocenters. The van der Waals surface area contributed by atoms with Crippen LogP contribution in [0.1, 0.15) is 23.2 Å². The largest absolute Gasteiger partial charge is 0.477 e. The normalized spacial score (nSPS) is 19.7. The highest BCUT2D eigenvalue weighted by Gasteiger charge is 2.48. The minimum Gasteiger partial charge on any atom is -0.477 e. The van der Waals surface area contributed by atoms with Gasteiger partial charge in [0.2, 0.25) is 5.91 Å². The van der Waals surface area contributed by atoms with Gasteiger partial charge in [-0.15, -0.1) is 11.8 Å². The third kappa shape index (κ3) is 2.59. The molecule has 114 valence electrons. The number of nitrogens with zero attached hydrogens (tertiary/aromatic N) is 1. The van der Waals surface area contributed by atoms with Gasteiger partial charge in [0.15, 0.2) is 0 Å². The summed E-state index contributed by atoms with van der Waals surface area (Å²) >= 11 is 1.36. The first-order chi connectivity index (χ1) is 10.6. The third-order valence-electron chi connectivity index (χ3n) is 3.46. The molecule has 3 rings (SSSR count). The predicted molar refractivity (Wildman–Crippen MR) is 78.8 cm³/mol. The zero-order valence-corrected chi connectivity index (χ0v) is 12.3. The van der Waals surface area contributed by atoms with Crippen LogP contribution in [0.3, 0.4) is 0 Å². The molecule has 0 aliphatic carbocycles. The highest BCUT2D eigenvalue weighted by Crippen LogP contribution is 2.47. The van der Waals surface area contributed by atoms with E-state index in [2.05, 4.69) is 0 Å². The molecule has 1 fully saturated rings. The van der Waals surface area contributed by atoms with Crippen LogP contribution in [0.15, 0.2) is 40.9 Å². The zero-order valence-electron chi connectivity index (χ0n) is 11.5. The highest BCUT2D eigenvalue weighted by atomic mass is 32.2. The van der Waals surface area contributed by atoms with Gasteiger partial charge in [0.1, 0.15) is 5.70 Å². The number of esters is 1. The number of amides is 1. The molecule has 1 saturated heterocycles. The van der Waals surface area contributed by atoms with Gasteiger partial charge in [0.05, 0.1) is 24.0 Å². The Morgan fingerprint density at radius 1 is 1.32 bits per heavy atom. The Labute approximate surface area is 130 Å². The maximum atomic E-state index is 11.8. The summed E-state index contributed by atoms with van der Waals surface area (Å²) in [6.45, 7) is 0.0849. The van der Waals surface area contributed by atoms with E-state index >= 15 is 0 Å². The molecule has 1 N–H and O–H groups in total. The van der Waals surface area contributed by atoms with Gasteiger partial charge < -0.3 is 9.84 Å². The maximum Gasteiger partial charge on any atom is 0.353 e. The topological polar surface area (TPSA) is 83.9 Å². The smallest absolute Gasteiger partial charge is 0.353 e. The number of thioether (sulfide) groups is 1. The number of rotatable bonds is 5. The molecule has 6 nitrogen and oxygen atoms in total. The van der Waals surface area contributed by atoms with E-state index in [1.807, 2.05) is 0 Å². The molecule has 0 bridgehead atoms. The lowest BCUT2D eigenvalue weighted by Crippen LogP contribution is -2.48. The van der Waals surface area contributed by atoms with Gasteiger partial charge in [-0.2, -0.15) is 0 Å². The van der Waals surface area contributed by atoms with Crippen molar-refractivity contribution < 1.29 is 24.2 Å². The Kier molecular flexibility index (Phi) is 3.89. The predicted octanol–water partition coefficient (Wildman–Crippen LogP) is 1.83. The van der Waals surface area contributed by atoms with Crippen molar-refractivity contribution in [3.8, 4) is 0 Å². The van der Waals surface area contributed by atoms with Gasteiger partial charge in [0, 0.05) is 11.3 Å². The molecule has 1 aromatic rings. The van der Waals surface area contributed by atoms with Gasteiger partial charge >= 0.3 is 11.9 Å². The molecule has 0 spiro atoms. The Bertz CT molecular complexity index is 670. The average Bonchev–Trinajstić information content (AvgIpc) is 2.80. The molecule has 22 heavy (non-hydrogen) atoms. The molecule has 2 aliphatic rings. The minimum atomic E-state index is -1.12. The second kappa shape index (κ2) is 5.84. The molecule has 7 heteroatoms. The average molecular weight is 319 g/mol. The van der Waals surface area contributed by atoms with E-state index in [-0.39, 0.29) is 23.6 Å². The van der Waals surface area contributed by atoms with Crippen LogP contribution in [0, 0.1) is 0 Å². The lowest BCUT2D eigenvalue weighted by molar-refractivity contribution is -0.145. The van der Waals surface area contributed by atoms with Crippen LogP contribution in [0.5, 0.6) is 0 Å². The van der Waals surface area contributed by atoms with E-state index in [1.54, 1.807) is 30.3 Å². The van der Waals surface area contributed by atoms with Crippen molar-refractivity contribution in [2.24, 2.45) is 0 Å². The number of carbonyl (C=O) groups is 3. The number of fused-ring (bicyclic) bond motifs is 1. The molecule has 0 saturated carbocycles. The molecule has 1 unspecified atom stereocenters. The van der Waals surface area contributed by atoms with E-state index in [0.29, 0.717) is 23.3 Å². The van der Waals surface area contributed by atoms with Crippen molar-refractivity contribution >= 4 is 29.6 Å². The number of aliphatic carboxylic acids is 1. The van der Waals surface area contributed by atoms with Gasteiger partial charge in [-0.3, -0.25) is 9.69 Å². The number of hydrogen-bond acceptors (Lipinski definition) is 5. The number of ether oxygens (including phenoxy) is 1. The first-order valence-corrected chi connectivity index (χ1v) is 7.63. The number of hydrogen-bond donors (Lipinski definition) is 1. The molecule has 0 radical (unpaired) electrons. The van der Waals surface area contributed by atoms with E-state index < -0.39 is 11.9 Å². The summed E-state index contributed by atoms with van der Waals surface area (Å²) in [5, 5.41) is 9.12. The van der Waals surface area contributed by atoms with Crippen LogP contribution in [-0.4, -0.2) is 39.8 Å². The molecule has 1 amide bonds. The first-order valence-electron chi connectivity index (χ1n) is 6.75. The summed E-state index contributed by atoms with van der Waals surface area (Å²) in [7, 11) is 0. The third-order valence-corrected chi connectivity index (χ3v) is 4.80.